The number of rotatable bonds is 8. The van der Waals surface area contributed by atoms with E-state index in [-0.39, 0.29) is 0 Å². The molecule has 0 rings (SSSR count). The van der Waals surface area contributed by atoms with Crippen molar-refractivity contribution < 1.29 is 4.43 Å². The van der Waals surface area contributed by atoms with Crippen LogP contribution in [0.5, 0.6) is 0 Å². The van der Waals surface area contributed by atoms with Crippen LogP contribution in [0.25, 0.3) is 0 Å². The molecule has 0 saturated heterocycles. The minimum absolute atomic E-state index is 0.951. The van der Waals surface area contributed by atoms with Gasteiger partial charge in [-0.25, -0.2) is 0 Å². The smallest absolute Gasteiger partial charge is 0.190 e. The summed E-state index contributed by atoms with van der Waals surface area (Å²) < 4.78 is 5.88. The fourth-order valence-electron chi connectivity index (χ4n) is 1.28. The van der Waals surface area contributed by atoms with E-state index < -0.39 is 8.32 Å². The van der Waals surface area contributed by atoms with E-state index in [0.29, 0.717) is 0 Å². The molecule has 0 heterocycles. The molecule has 0 aliphatic rings. The third kappa shape index (κ3) is 8.25. The normalized spacial score (nSPS) is 11.6. The Balaban J connectivity index is 3.34. The molecule has 0 spiro atoms. The summed E-state index contributed by atoms with van der Waals surface area (Å²) in [7, 11) is -1.38. The Morgan fingerprint density at radius 2 is 1.92 bits per heavy atom. The van der Waals surface area contributed by atoms with E-state index in [9.17, 15) is 0 Å². The van der Waals surface area contributed by atoms with Crippen LogP contribution in [0.1, 0.15) is 32.6 Å². The first-order chi connectivity index (χ1) is 6.12. The van der Waals surface area contributed by atoms with E-state index in [2.05, 4.69) is 26.6 Å². The molecule has 0 radical (unpaired) electrons. The van der Waals surface area contributed by atoms with Crippen LogP contribution in [0.15, 0.2) is 12.7 Å². The summed E-state index contributed by atoms with van der Waals surface area (Å²) in [4.78, 5) is 0. The van der Waals surface area contributed by atoms with Crippen LogP contribution < -0.4 is 0 Å². The summed E-state index contributed by atoms with van der Waals surface area (Å²) >= 11 is 0. The van der Waals surface area contributed by atoms with Crippen molar-refractivity contribution in [2.75, 3.05) is 6.61 Å². The van der Waals surface area contributed by atoms with Crippen LogP contribution in [0.4, 0.5) is 0 Å². The van der Waals surface area contributed by atoms with Gasteiger partial charge < -0.3 is 4.43 Å². The van der Waals surface area contributed by atoms with E-state index in [4.69, 9.17) is 4.43 Å². The molecule has 0 aliphatic heterocycles. The molecule has 2 heteroatoms. The van der Waals surface area contributed by atoms with Crippen LogP contribution in [0.2, 0.25) is 19.1 Å². The lowest BCUT2D eigenvalue weighted by Crippen LogP contribution is -2.29. The summed E-state index contributed by atoms with van der Waals surface area (Å²) in [6, 6.07) is 1.07. The van der Waals surface area contributed by atoms with Crippen molar-refractivity contribution in [2.24, 2.45) is 0 Å². The molecule has 0 unspecified atom stereocenters. The Morgan fingerprint density at radius 1 is 1.23 bits per heavy atom. The predicted octanol–water partition coefficient (Wildman–Crippen LogP) is 3.97. The fraction of sp³-hybridized carbons (Fsp3) is 0.818. The molecular formula is C11H24OSi. The first-order valence-electron chi connectivity index (χ1n) is 5.37. The average molecular weight is 200 g/mol. The lowest BCUT2D eigenvalue weighted by Gasteiger charge is -2.20. The van der Waals surface area contributed by atoms with Gasteiger partial charge in [0.15, 0.2) is 8.32 Å². The Kier molecular flexibility index (Phi) is 7.29. The van der Waals surface area contributed by atoms with Crippen LogP contribution in [-0.4, -0.2) is 14.9 Å². The number of allylic oxidation sites excluding steroid dienone is 1. The average Bonchev–Trinajstić information content (AvgIpc) is 2.04. The molecule has 1 nitrogen and oxygen atoms in total. The van der Waals surface area contributed by atoms with E-state index in [1.807, 2.05) is 6.08 Å². The first-order valence-corrected chi connectivity index (χ1v) is 8.49. The quantitative estimate of drug-likeness (QED) is 0.327. The van der Waals surface area contributed by atoms with Gasteiger partial charge in [-0.05, 0) is 25.6 Å². The van der Waals surface area contributed by atoms with Crippen molar-refractivity contribution in [1.82, 2.24) is 0 Å². The second kappa shape index (κ2) is 7.33. The monoisotopic (exact) mass is 200 g/mol. The van der Waals surface area contributed by atoms with Crippen molar-refractivity contribution >= 4 is 8.32 Å². The Bertz CT molecular complexity index is 132. The topological polar surface area (TPSA) is 9.23 Å². The van der Waals surface area contributed by atoms with Gasteiger partial charge in [-0.2, -0.15) is 0 Å². The predicted molar refractivity (Wildman–Crippen MR) is 62.6 cm³/mol. The van der Waals surface area contributed by atoms with Crippen LogP contribution >= 0.6 is 0 Å². The standard InChI is InChI=1S/C11H24OSi/c1-5-7-8-9-10-12-13(3,4)11-6-2/h6H,2,5,7-11H2,1,3-4H3. The van der Waals surface area contributed by atoms with Crippen LogP contribution in [0.3, 0.4) is 0 Å². The van der Waals surface area contributed by atoms with Crippen LogP contribution in [-0.2, 0) is 4.43 Å². The third-order valence-electron chi connectivity index (χ3n) is 2.13. The largest absolute Gasteiger partial charge is 0.417 e. The van der Waals surface area contributed by atoms with Gasteiger partial charge in [0.2, 0.25) is 0 Å². The minimum atomic E-state index is -1.38. The first kappa shape index (κ1) is 12.9. The third-order valence-corrected chi connectivity index (χ3v) is 4.38. The molecule has 0 saturated carbocycles. The maximum atomic E-state index is 5.88. The Hall–Kier alpha value is -0.0831. The molecule has 0 amide bonds. The molecule has 0 bridgehead atoms. The maximum Gasteiger partial charge on any atom is 0.190 e. The molecule has 13 heavy (non-hydrogen) atoms. The van der Waals surface area contributed by atoms with Gasteiger partial charge in [0.05, 0.1) is 0 Å². The lowest BCUT2D eigenvalue weighted by molar-refractivity contribution is 0.296. The zero-order chi connectivity index (χ0) is 10.2. The summed E-state index contributed by atoms with van der Waals surface area (Å²) in [6.45, 7) is 11.5. The second-order valence-electron chi connectivity index (χ2n) is 4.16. The van der Waals surface area contributed by atoms with Gasteiger partial charge in [0, 0.05) is 6.61 Å². The van der Waals surface area contributed by atoms with Gasteiger partial charge in [-0.1, -0.05) is 32.3 Å². The molecule has 0 aliphatic carbocycles. The molecule has 78 valence electrons. The molecule has 0 N–H and O–H groups in total. The van der Waals surface area contributed by atoms with E-state index in [1.165, 1.54) is 25.7 Å². The van der Waals surface area contributed by atoms with Crippen molar-refractivity contribution in [2.45, 2.75) is 51.7 Å². The second-order valence-corrected chi connectivity index (χ2v) is 8.38. The number of hydrogen-bond donors (Lipinski definition) is 0. The summed E-state index contributed by atoms with van der Waals surface area (Å²) in [5.74, 6) is 0. The lowest BCUT2D eigenvalue weighted by atomic mass is 10.2. The van der Waals surface area contributed by atoms with Gasteiger partial charge in [-0.3, -0.25) is 0 Å². The van der Waals surface area contributed by atoms with E-state index >= 15 is 0 Å². The zero-order valence-electron chi connectivity index (χ0n) is 9.44. The molecule has 0 aromatic carbocycles. The van der Waals surface area contributed by atoms with Crippen molar-refractivity contribution in [3.63, 3.8) is 0 Å². The maximum absolute atomic E-state index is 5.88. The summed E-state index contributed by atoms with van der Waals surface area (Å²) in [5, 5.41) is 0. The van der Waals surface area contributed by atoms with Gasteiger partial charge in [-0.15, -0.1) is 6.58 Å². The Morgan fingerprint density at radius 3 is 2.46 bits per heavy atom. The molecule has 0 aromatic heterocycles. The van der Waals surface area contributed by atoms with Gasteiger partial charge in [0.25, 0.3) is 0 Å². The highest BCUT2D eigenvalue weighted by atomic mass is 28.4. The SMILES string of the molecule is C=CC[Si](C)(C)OCCCCCC. The number of unbranched alkanes of at least 4 members (excludes halogenated alkanes) is 3. The molecular weight excluding hydrogens is 176 g/mol. The minimum Gasteiger partial charge on any atom is -0.417 e. The van der Waals surface area contributed by atoms with Crippen molar-refractivity contribution in [3.05, 3.63) is 12.7 Å². The zero-order valence-corrected chi connectivity index (χ0v) is 10.4. The highest BCUT2D eigenvalue weighted by molar-refractivity contribution is 6.71. The number of hydrogen-bond acceptors (Lipinski definition) is 1. The summed E-state index contributed by atoms with van der Waals surface area (Å²) in [5.41, 5.74) is 0. The van der Waals surface area contributed by atoms with E-state index in [1.54, 1.807) is 0 Å². The molecule has 0 atom stereocenters. The fourth-order valence-corrected chi connectivity index (χ4v) is 2.79. The van der Waals surface area contributed by atoms with E-state index in [0.717, 1.165) is 12.7 Å². The Labute approximate surface area is 84.3 Å². The molecule has 0 aromatic rings. The van der Waals surface area contributed by atoms with Gasteiger partial charge in [0.1, 0.15) is 0 Å². The molecule has 0 fully saturated rings. The highest BCUT2D eigenvalue weighted by Gasteiger charge is 2.19. The summed E-state index contributed by atoms with van der Waals surface area (Å²) in [6.07, 6.45) is 7.16. The van der Waals surface area contributed by atoms with Crippen LogP contribution in [0, 0.1) is 0 Å². The van der Waals surface area contributed by atoms with Crippen molar-refractivity contribution in [3.8, 4) is 0 Å². The van der Waals surface area contributed by atoms with Crippen molar-refractivity contribution in [1.29, 1.82) is 0 Å². The highest BCUT2D eigenvalue weighted by Crippen LogP contribution is 2.12. The van der Waals surface area contributed by atoms with Gasteiger partial charge >= 0.3 is 0 Å².